The summed E-state index contributed by atoms with van der Waals surface area (Å²) in [5, 5.41) is 0. The summed E-state index contributed by atoms with van der Waals surface area (Å²) in [5.74, 6) is 6.77. The van der Waals surface area contributed by atoms with Crippen LogP contribution in [0.4, 0.5) is 0 Å². The average molecular weight is 741 g/mol. The minimum Gasteiger partial charge on any atom is -0.493 e. The highest BCUT2D eigenvalue weighted by Crippen LogP contribution is 2.58. The first-order valence-electron chi connectivity index (χ1n) is 18.2. The number of methoxy groups -OCH3 is 7. The van der Waals surface area contributed by atoms with Gasteiger partial charge in [-0.2, -0.15) is 0 Å². The minimum atomic E-state index is 0.00798. The summed E-state index contributed by atoms with van der Waals surface area (Å²) in [6.45, 7) is 1.93. The van der Waals surface area contributed by atoms with E-state index in [2.05, 4.69) is 36.0 Å². The molecule has 2 atom stereocenters. The number of hydrogen-bond acceptors (Lipinski definition) is 12. The van der Waals surface area contributed by atoms with E-state index in [-0.39, 0.29) is 18.9 Å². The van der Waals surface area contributed by atoms with Crippen LogP contribution < -0.4 is 47.4 Å². The van der Waals surface area contributed by atoms with Crippen LogP contribution in [0.3, 0.4) is 0 Å². The van der Waals surface area contributed by atoms with Crippen molar-refractivity contribution in [3.05, 3.63) is 63.7 Å². The predicted molar refractivity (Wildman–Crippen MR) is 202 cm³/mol. The van der Waals surface area contributed by atoms with E-state index < -0.39 is 0 Å². The van der Waals surface area contributed by atoms with Crippen LogP contribution in [0.25, 0.3) is 11.1 Å². The fourth-order valence-corrected chi connectivity index (χ4v) is 8.91. The summed E-state index contributed by atoms with van der Waals surface area (Å²) in [4.78, 5) is 4.74. The van der Waals surface area contributed by atoms with Crippen molar-refractivity contribution in [2.24, 2.45) is 0 Å². The second kappa shape index (κ2) is 14.2. The number of ether oxygens (including phenoxy) is 10. The first kappa shape index (κ1) is 35.8. The molecule has 3 aliphatic heterocycles. The first-order chi connectivity index (χ1) is 26.3. The average Bonchev–Trinajstić information content (AvgIpc) is 3.69. The lowest BCUT2D eigenvalue weighted by Gasteiger charge is -2.41. The molecule has 0 N–H and O–H groups in total. The van der Waals surface area contributed by atoms with Crippen LogP contribution in [0.5, 0.6) is 63.2 Å². The molecule has 12 heteroatoms. The van der Waals surface area contributed by atoms with E-state index >= 15 is 0 Å². The maximum Gasteiger partial charge on any atom is 0.231 e. The molecule has 0 amide bonds. The van der Waals surface area contributed by atoms with E-state index in [1.54, 1.807) is 49.8 Å². The third kappa shape index (κ3) is 5.48. The number of benzene rings is 4. The number of likely N-dealkylation sites (N-methyl/N-ethyl adjacent to an activating group) is 2. The Balaban J connectivity index is 1.22. The summed E-state index contributed by atoms with van der Waals surface area (Å²) in [5.41, 5.74) is 8.69. The van der Waals surface area contributed by atoms with Crippen LogP contribution >= 0.6 is 0 Å². The first-order valence-corrected chi connectivity index (χ1v) is 18.2. The zero-order valence-electron chi connectivity index (χ0n) is 32.5. The Morgan fingerprint density at radius 3 is 2.02 bits per heavy atom. The molecule has 8 rings (SSSR count). The molecule has 4 aromatic rings. The largest absolute Gasteiger partial charge is 0.493 e. The third-order valence-electron chi connectivity index (χ3n) is 11.6. The molecule has 12 nitrogen and oxygen atoms in total. The molecule has 2 unspecified atom stereocenters. The number of fused-ring (bicyclic) bond motifs is 5. The highest BCUT2D eigenvalue weighted by molar-refractivity contribution is 5.87. The molecule has 0 fully saturated rings. The summed E-state index contributed by atoms with van der Waals surface area (Å²) >= 11 is 0. The Bertz CT molecular complexity index is 2120. The van der Waals surface area contributed by atoms with Gasteiger partial charge in [0.05, 0.1) is 49.8 Å². The zero-order chi connectivity index (χ0) is 37.8. The van der Waals surface area contributed by atoms with Crippen molar-refractivity contribution in [1.82, 2.24) is 9.80 Å². The van der Waals surface area contributed by atoms with Gasteiger partial charge in [-0.1, -0.05) is 6.07 Å². The molecular formula is C42H48N2O10. The van der Waals surface area contributed by atoms with Gasteiger partial charge >= 0.3 is 0 Å². The molecule has 1 aliphatic carbocycles. The number of hydrogen-bond donors (Lipinski definition) is 0. The fourth-order valence-electron chi connectivity index (χ4n) is 8.91. The summed E-state index contributed by atoms with van der Waals surface area (Å²) < 4.78 is 60.4. The van der Waals surface area contributed by atoms with Crippen LogP contribution in [0.1, 0.15) is 45.5 Å². The molecule has 0 aromatic heterocycles. The van der Waals surface area contributed by atoms with Crippen molar-refractivity contribution in [2.45, 2.75) is 37.8 Å². The molecule has 0 bridgehead atoms. The zero-order valence-corrected chi connectivity index (χ0v) is 32.5. The smallest absolute Gasteiger partial charge is 0.231 e. The van der Waals surface area contributed by atoms with Gasteiger partial charge < -0.3 is 47.4 Å². The molecule has 54 heavy (non-hydrogen) atoms. The lowest BCUT2D eigenvalue weighted by molar-refractivity contribution is 0.169. The predicted octanol–water partition coefficient (Wildman–Crippen LogP) is 6.79. The van der Waals surface area contributed by atoms with Gasteiger partial charge in [-0.05, 0) is 86.3 Å². The molecule has 0 saturated carbocycles. The SMILES string of the molecule is COc1cc2c(cc1Oc1c(OC)ccc(CC3c4cc(OC)c5c(c4CCN3C)OCO5)c1OC)CC1c3c(c(OC)c(OC)c(OC)c3-2)CCN1C. The Labute approximate surface area is 316 Å². The van der Waals surface area contributed by atoms with Crippen LogP contribution in [0, 0.1) is 0 Å². The van der Waals surface area contributed by atoms with E-state index in [4.69, 9.17) is 47.4 Å². The van der Waals surface area contributed by atoms with Gasteiger partial charge in [-0.25, -0.2) is 0 Å². The molecule has 4 aromatic carbocycles. The van der Waals surface area contributed by atoms with Crippen LogP contribution in [-0.2, 0) is 25.7 Å². The van der Waals surface area contributed by atoms with Crippen molar-refractivity contribution < 1.29 is 47.4 Å². The number of rotatable bonds is 11. The third-order valence-corrected chi connectivity index (χ3v) is 11.6. The van der Waals surface area contributed by atoms with Gasteiger partial charge in [-0.15, -0.1) is 0 Å². The van der Waals surface area contributed by atoms with Crippen molar-refractivity contribution in [1.29, 1.82) is 0 Å². The molecule has 4 aliphatic rings. The van der Waals surface area contributed by atoms with Crippen molar-refractivity contribution >= 4 is 0 Å². The van der Waals surface area contributed by atoms with Crippen molar-refractivity contribution in [2.75, 3.05) is 83.7 Å². The van der Waals surface area contributed by atoms with E-state index in [1.807, 2.05) is 18.2 Å². The van der Waals surface area contributed by atoms with Gasteiger partial charge in [0.1, 0.15) is 0 Å². The summed E-state index contributed by atoms with van der Waals surface area (Å²) in [6, 6.07) is 10.3. The Morgan fingerprint density at radius 2 is 1.31 bits per heavy atom. The van der Waals surface area contributed by atoms with E-state index in [0.29, 0.717) is 58.2 Å². The van der Waals surface area contributed by atoms with E-state index in [9.17, 15) is 0 Å². The maximum absolute atomic E-state index is 6.86. The molecule has 286 valence electrons. The molecule has 3 heterocycles. The monoisotopic (exact) mass is 740 g/mol. The topological polar surface area (TPSA) is 98.8 Å². The lowest BCUT2D eigenvalue weighted by Crippen LogP contribution is -2.36. The second-order valence-electron chi connectivity index (χ2n) is 14.0. The van der Waals surface area contributed by atoms with Gasteiger partial charge in [0, 0.05) is 47.4 Å². The Kier molecular flexibility index (Phi) is 9.43. The Hall–Kier alpha value is -5.20. The number of nitrogens with zero attached hydrogens (tertiary/aromatic N) is 2. The van der Waals surface area contributed by atoms with Gasteiger partial charge in [0.25, 0.3) is 0 Å². The standard InChI is InChI=1S/C42H48N2O10/c1-43-14-12-24-27(20-33(47-5)39-38(24)52-21-53-39)28(43)16-22-10-11-30(45-3)40(36(22)48-6)54-32-18-23-17-29-34-25(13-15-44(29)2)37(49-7)42(51-9)41(50-8)35(34)26(23)19-31(32)46-4/h10-11,18-20,28-29H,12-17,21H2,1-9H3. The lowest BCUT2D eigenvalue weighted by atomic mass is 9.76. The Morgan fingerprint density at radius 1 is 0.630 bits per heavy atom. The van der Waals surface area contributed by atoms with Crippen LogP contribution in [0.15, 0.2) is 30.3 Å². The summed E-state index contributed by atoms with van der Waals surface area (Å²) in [7, 11) is 15.9. The molecule has 0 spiro atoms. The van der Waals surface area contributed by atoms with Gasteiger partial charge in [0.15, 0.2) is 46.0 Å². The molecular weight excluding hydrogens is 692 g/mol. The van der Waals surface area contributed by atoms with Crippen LogP contribution in [0.2, 0.25) is 0 Å². The fraction of sp³-hybridized carbons (Fsp3) is 0.429. The van der Waals surface area contributed by atoms with Crippen molar-refractivity contribution in [3.63, 3.8) is 0 Å². The minimum absolute atomic E-state index is 0.00798. The van der Waals surface area contributed by atoms with Crippen molar-refractivity contribution in [3.8, 4) is 74.4 Å². The van der Waals surface area contributed by atoms with E-state index in [0.717, 1.165) is 82.8 Å². The molecule has 0 radical (unpaired) electrons. The maximum atomic E-state index is 6.86. The second-order valence-corrected chi connectivity index (χ2v) is 14.0. The summed E-state index contributed by atoms with van der Waals surface area (Å²) in [6.07, 6.45) is 3.07. The van der Waals surface area contributed by atoms with Gasteiger partial charge in [-0.3, -0.25) is 9.80 Å². The van der Waals surface area contributed by atoms with Crippen LogP contribution in [-0.4, -0.2) is 93.5 Å². The highest BCUT2D eigenvalue weighted by Gasteiger charge is 2.40. The van der Waals surface area contributed by atoms with E-state index in [1.165, 1.54) is 5.56 Å². The quantitative estimate of drug-likeness (QED) is 0.162. The van der Waals surface area contributed by atoms with Gasteiger partial charge in [0.2, 0.25) is 24.0 Å². The molecule has 0 saturated heterocycles. The highest BCUT2D eigenvalue weighted by atomic mass is 16.7. The normalized spacial score (nSPS) is 18.2.